The quantitative estimate of drug-likeness (QED) is 0.383. The van der Waals surface area contributed by atoms with Crippen molar-refractivity contribution in [3.8, 4) is 0 Å². The molecule has 0 aliphatic carbocycles. The third kappa shape index (κ3) is 6.12. The molecule has 1 aliphatic heterocycles. The predicted octanol–water partition coefficient (Wildman–Crippen LogP) is 5.82. The predicted molar refractivity (Wildman–Crippen MR) is 139 cm³/mol. The minimum Gasteiger partial charge on any atom is -0.263 e. The smallest absolute Gasteiger partial charge is 0.263 e. The van der Waals surface area contributed by atoms with Gasteiger partial charge in [-0.1, -0.05) is 41.4 Å². The average molecular weight is 573 g/mol. The van der Waals surface area contributed by atoms with Crippen LogP contribution in [-0.4, -0.2) is 39.2 Å². The maximum Gasteiger partial charge on any atom is 0.264 e. The molecule has 2 heterocycles. The van der Waals surface area contributed by atoms with Gasteiger partial charge in [-0.15, -0.1) is 0 Å². The minimum absolute atomic E-state index is 0.0195. The Hall–Kier alpha value is -1.82. The normalized spacial score (nSPS) is 15.2. The summed E-state index contributed by atoms with van der Waals surface area (Å²) in [7, 11) is -7.43. The number of pyridine rings is 1. The number of sulfonamides is 2. The van der Waals surface area contributed by atoms with Gasteiger partial charge >= 0.3 is 0 Å². The first-order chi connectivity index (χ1) is 16.6. The molecule has 7 nitrogen and oxygen atoms in total. The molecule has 1 fully saturated rings. The average Bonchev–Trinajstić information content (AvgIpc) is 2.83. The van der Waals surface area contributed by atoms with Crippen molar-refractivity contribution in [2.45, 2.75) is 45.8 Å². The standard InChI is InChI=1S/C23H23Cl2N3O4S3/c1-16-13-22(21(25)14-20(16)24)34(29,30)27-23-10-7-18(15-26-23)33-17-5-8-19(9-6-17)35(31,32)28-11-3-2-4-12-28/h5-10,13-15H,2-4,11-12H2,1H3,(H,26,27). The third-order valence-electron chi connectivity index (χ3n) is 5.49. The third-order valence-corrected chi connectivity index (χ3v) is 10.6. The molecule has 0 atom stereocenters. The van der Waals surface area contributed by atoms with E-state index in [1.807, 2.05) is 0 Å². The van der Waals surface area contributed by atoms with E-state index in [1.54, 1.807) is 47.6 Å². The van der Waals surface area contributed by atoms with Gasteiger partial charge in [-0.2, -0.15) is 4.31 Å². The van der Waals surface area contributed by atoms with Gasteiger partial charge in [0.2, 0.25) is 10.0 Å². The Morgan fingerprint density at radius 2 is 1.54 bits per heavy atom. The largest absolute Gasteiger partial charge is 0.264 e. The first-order valence-corrected chi connectivity index (χ1v) is 15.3. The molecule has 0 unspecified atom stereocenters. The van der Waals surface area contributed by atoms with Crippen molar-refractivity contribution in [3.05, 3.63) is 70.3 Å². The molecule has 0 spiro atoms. The number of hydrogen-bond donors (Lipinski definition) is 1. The van der Waals surface area contributed by atoms with Gasteiger partial charge < -0.3 is 0 Å². The molecule has 0 radical (unpaired) electrons. The van der Waals surface area contributed by atoms with Crippen LogP contribution >= 0.6 is 35.0 Å². The molecule has 1 aromatic heterocycles. The molecule has 4 rings (SSSR count). The molecular weight excluding hydrogens is 549 g/mol. The number of rotatable bonds is 7. The Bertz CT molecular complexity index is 1420. The van der Waals surface area contributed by atoms with Crippen LogP contribution in [0.1, 0.15) is 24.8 Å². The van der Waals surface area contributed by atoms with Crippen LogP contribution in [0.15, 0.2) is 74.3 Å². The maximum absolute atomic E-state index is 12.8. The van der Waals surface area contributed by atoms with Gasteiger partial charge in [0, 0.05) is 34.1 Å². The molecular formula is C23H23Cl2N3O4S3. The lowest BCUT2D eigenvalue weighted by molar-refractivity contribution is 0.346. The zero-order valence-electron chi connectivity index (χ0n) is 18.7. The lowest BCUT2D eigenvalue weighted by atomic mass is 10.2. The number of nitrogens with one attached hydrogen (secondary N) is 1. The fraction of sp³-hybridized carbons (Fsp3) is 0.261. The second-order valence-corrected chi connectivity index (χ2v) is 13.6. The van der Waals surface area contributed by atoms with E-state index in [9.17, 15) is 16.8 Å². The van der Waals surface area contributed by atoms with Gasteiger partial charge in [0.25, 0.3) is 10.0 Å². The van der Waals surface area contributed by atoms with Crippen molar-refractivity contribution >= 4 is 60.8 Å². The molecule has 2 aromatic carbocycles. The van der Waals surface area contributed by atoms with Crippen LogP contribution in [0.3, 0.4) is 0 Å². The van der Waals surface area contributed by atoms with Crippen molar-refractivity contribution in [2.75, 3.05) is 17.8 Å². The number of aryl methyl sites for hydroxylation is 1. The van der Waals surface area contributed by atoms with Crippen molar-refractivity contribution in [3.63, 3.8) is 0 Å². The molecule has 0 amide bonds. The van der Waals surface area contributed by atoms with Gasteiger partial charge in [-0.25, -0.2) is 21.8 Å². The molecule has 35 heavy (non-hydrogen) atoms. The number of halogens is 2. The highest BCUT2D eigenvalue weighted by Crippen LogP contribution is 2.31. The highest BCUT2D eigenvalue weighted by molar-refractivity contribution is 7.99. The monoisotopic (exact) mass is 571 g/mol. The number of nitrogens with zero attached hydrogens (tertiary/aromatic N) is 2. The minimum atomic E-state index is -3.95. The van der Waals surface area contributed by atoms with Crippen molar-refractivity contribution in [2.24, 2.45) is 0 Å². The van der Waals surface area contributed by atoms with Crippen LogP contribution in [0.4, 0.5) is 5.82 Å². The number of piperidine rings is 1. The van der Waals surface area contributed by atoms with Crippen molar-refractivity contribution < 1.29 is 16.8 Å². The van der Waals surface area contributed by atoms with Crippen molar-refractivity contribution in [1.82, 2.24) is 9.29 Å². The fourth-order valence-corrected chi connectivity index (χ4v) is 7.74. The van der Waals surface area contributed by atoms with Crippen molar-refractivity contribution in [1.29, 1.82) is 0 Å². The Labute approximate surface area is 220 Å². The summed E-state index contributed by atoms with van der Waals surface area (Å²) in [6, 6.07) is 12.8. The topological polar surface area (TPSA) is 96.4 Å². The molecule has 0 bridgehead atoms. The molecule has 3 aromatic rings. The summed E-state index contributed by atoms with van der Waals surface area (Å²) in [6.07, 6.45) is 4.37. The van der Waals surface area contributed by atoms with Crippen LogP contribution in [0, 0.1) is 6.92 Å². The van der Waals surface area contributed by atoms with E-state index in [1.165, 1.54) is 30.1 Å². The lowest BCUT2D eigenvalue weighted by Gasteiger charge is -2.25. The first-order valence-electron chi connectivity index (χ1n) is 10.8. The molecule has 0 saturated carbocycles. The van der Waals surface area contributed by atoms with E-state index < -0.39 is 20.0 Å². The first kappa shape index (κ1) is 26.2. The zero-order valence-corrected chi connectivity index (χ0v) is 22.7. The summed E-state index contributed by atoms with van der Waals surface area (Å²) in [5, 5.41) is 0.400. The summed E-state index contributed by atoms with van der Waals surface area (Å²) in [6.45, 7) is 2.81. The van der Waals surface area contributed by atoms with Crippen LogP contribution in [0.25, 0.3) is 0 Å². The fourth-order valence-electron chi connectivity index (χ4n) is 3.60. The Morgan fingerprint density at radius 3 is 2.17 bits per heavy atom. The van der Waals surface area contributed by atoms with E-state index in [-0.39, 0.29) is 20.6 Å². The number of anilines is 1. The van der Waals surface area contributed by atoms with Crippen LogP contribution < -0.4 is 4.72 Å². The highest BCUT2D eigenvalue weighted by atomic mass is 35.5. The Balaban J connectivity index is 1.44. The zero-order chi connectivity index (χ0) is 25.2. The highest BCUT2D eigenvalue weighted by Gasteiger charge is 2.25. The van der Waals surface area contributed by atoms with Gasteiger partial charge in [-0.05, 0) is 73.9 Å². The van der Waals surface area contributed by atoms with Gasteiger partial charge in [0.15, 0.2) is 0 Å². The summed E-state index contributed by atoms with van der Waals surface area (Å²) in [5.41, 5.74) is 0.589. The van der Waals surface area contributed by atoms with E-state index in [0.717, 1.165) is 29.1 Å². The van der Waals surface area contributed by atoms with E-state index in [4.69, 9.17) is 23.2 Å². The maximum atomic E-state index is 12.8. The van der Waals surface area contributed by atoms with Crippen LogP contribution in [-0.2, 0) is 20.0 Å². The van der Waals surface area contributed by atoms with Gasteiger partial charge in [-0.3, -0.25) is 4.72 Å². The second-order valence-electron chi connectivity index (χ2n) is 8.05. The molecule has 186 valence electrons. The Morgan fingerprint density at radius 1 is 0.886 bits per heavy atom. The Kier molecular flexibility index (Phi) is 7.99. The summed E-state index contributed by atoms with van der Waals surface area (Å²) in [4.78, 5) is 5.99. The molecule has 1 aliphatic rings. The number of hydrogen-bond acceptors (Lipinski definition) is 6. The van der Waals surface area contributed by atoms with Crippen LogP contribution in [0.2, 0.25) is 10.0 Å². The number of aromatic nitrogens is 1. The lowest BCUT2D eigenvalue weighted by Crippen LogP contribution is -2.35. The summed E-state index contributed by atoms with van der Waals surface area (Å²) in [5.74, 6) is 0.140. The van der Waals surface area contributed by atoms with E-state index in [2.05, 4.69) is 9.71 Å². The van der Waals surface area contributed by atoms with Gasteiger partial charge in [0.05, 0.1) is 9.92 Å². The summed E-state index contributed by atoms with van der Waals surface area (Å²) < 4.78 is 55.1. The molecule has 1 N–H and O–H groups in total. The number of benzene rings is 2. The van der Waals surface area contributed by atoms with E-state index >= 15 is 0 Å². The second kappa shape index (κ2) is 10.7. The molecule has 1 saturated heterocycles. The van der Waals surface area contributed by atoms with Crippen LogP contribution in [0.5, 0.6) is 0 Å². The van der Waals surface area contributed by atoms with E-state index in [0.29, 0.717) is 23.7 Å². The SMILES string of the molecule is Cc1cc(S(=O)(=O)Nc2ccc(Sc3ccc(S(=O)(=O)N4CCCCC4)cc3)cn2)c(Cl)cc1Cl. The summed E-state index contributed by atoms with van der Waals surface area (Å²) >= 11 is 13.5. The molecule has 12 heteroatoms. The van der Waals surface area contributed by atoms with Gasteiger partial charge in [0.1, 0.15) is 10.7 Å².